The van der Waals surface area contributed by atoms with E-state index in [1.54, 1.807) is 0 Å². The molecule has 1 aliphatic rings. The third-order valence-corrected chi connectivity index (χ3v) is 4.43. The van der Waals surface area contributed by atoms with Crippen molar-refractivity contribution in [1.82, 2.24) is 14.9 Å². The van der Waals surface area contributed by atoms with Crippen molar-refractivity contribution in [2.24, 2.45) is 0 Å². The summed E-state index contributed by atoms with van der Waals surface area (Å²) >= 11 is 0. The Labute approximate surface area is 149 Å². The van der Waals surface area contributed by atoms with E-state index in [2.05, 4.69) is 26.3 Å². The van der Waals surface area contributed by atoms with Crippen LogP contribution in [0, 0.1) is 13.8 Å². The maximum absolute atomic E-state index is 6.20. The molecule has 1 saturated heterocycles. The van der Waals surface area contributed by atoms with Crippen molar-refractivity contribution in [3.8, 4) is 11.6 Å². The lowest BCUT2D eigenvalue weighted by Crippen LogP contribution is -2.33. The molecular weight excluding hydrogens is 314 g/mol. The summed E-state index contributed by atoms with van der Waals surface area (Å²) < 4.78 is 5.88. The summed E-state index contributed by atoms with van der Waals surface area (Å²) in [5, 5.41) is 3.31. The quantitative estimate of drug-likeness (QED) is 0.839. The number of nitrogen functional groups attached to an aromatic ring is 1. The number of nitrogens with one attached hydrogen (secondary N) is 1. The van der Waals surface area contributed by atoms with Crippen LogP contribution in [0.3, 0.4) is 0 Å². The molecule has 1 aliphatic heterocycles. The van der Waals surface area contributed by atoms with Gasteiger partial charge in [-0.05, 0) is 63.0 Å². The molecule has 2 aromatic rings. The molecule has 1 aromatic carbocycles. The number of ether oxygens (including phenoxy) is 1. The molecule has 0 saturated carbocycles. The van der Waals surface area contributed by atoms with Crippen LogP contribution < -0.4 is 15.8 Å². The average Bonchev–Trinajstić information content (AvgIpc) is 2.58. The molecule has 1 fully saturated rings. The number of hydrogen-bond acceptors (Lipinski definition) is 6. The number of piperidine rings is 1. The third kappa shape index (κ3) is 4.82. The van der Waals surface area contributed by atoms with Crippen molar-refractivity contribution >= 4 is 11.5 Å². The summed E-state index contributed by atoms with van der Waals surface area (Å²) in [6.07, 6.45) is 5.42. The first-order valence-electron chi connectivity index (χ1n) is 8.94. The Bertz CT molecular complexity index is 693. The second-order valence-electron chi connectivity index (χ2n) is 6.70. The molecule has 0 spiro atoms. The van der Waals surface area contributed by atoms with Crippen LogP contribution in [0.4, 0.5) is 11.5 Å². The normalized spacial score (nSPS) is 15.1. The van der Waals surface area contributed by atoms with E-state index >= 15 is 0 Å². The van der Waals surface area contributed by atoms with Gasteiger partial charge in [0.25, 0.3) is 0 Å². The Morgan fingerprint density at radius 1 is 1.08 bits per heavy atom. The van der Waals surface area contributed by atoms with Gasteiger partial charge in [-0.15, -0.1) is 0 Å². The lowest BCUT2D eigenvalue weighted by atomic mass is 10.1. The second-order valence-corrected chi connectivity index (χ2v) is 6.70. The van der Waals surface area contributed by atoms with Gasteiger partial charge in [0.1, 0.15) is 17.8 Å². The molecule has 0 aliphatic carbocycles. The minimum absolute atomic E-state index is 0.389. The van der Waals surface area contributed by atoms with Crippen molar-refractivity contribution in [2.45, 2.75) is 33.1 Å². The van der Waals surface area contributed by atoms with Crippen LogP contribution in [0.5, 0.6) is 11.6 Å². The number of benzene rings is 1. The summed E-state index contributed by atoms with van der Waals surface area (Å²) in [6, 6.07) is 6.04. The number of nitrogens with two attached hydrogens (primary N) is 1. The zero-order valence-corrected chi connectivity index (χ0v) is 15.1. The summed E-state index contributed by atoms with van der Waals surface area (Å²) in [6.45, 7) is 8.25. The van der Waals surface area contributed by atoms with E-state index in [4.69, 9.17) is 10.5 Å². The van der Waals surface area contributed by atoms with Crippen LogP contribution in [0.2, 0.25) is 0 Å². The Kier molecular flexibility index (Phi) is 5.71. The third-order valence-electron chi connectivity index (χ3n) is 4.43. The summed E-state index contributed by atoms with van der Waals surface area (Å²) in [5.41, 5.74) is 8.93. The molecule has 3 N–H and O–H groups in total. The molecule has 2 heterocycles. The number of rotatable bonds is 6. The first-order valence-corrected chi connectivity index (χ1v) is 8.94. The molecule has 6 heteroatoms. The van der Waals surface area contributed by atoms with Gasteiger partial charge >= 0.3 is 0 Å². The lowest BCUT2D eigenvalue weighted by molar-refractivity contribution is 0.237. The van der Waals surface area contributed by atoms with Crippen LogP contribution in [0.15, 0.2) is 24.5 Å². The average molecular weight is 341 g/mol. The maximum atomic E-state index is 6.20. The highest BCUT2D eigenvalue weighted by atomic mass is 16.5. The first kappa shape index (κ1) is 17.5. The van der Waals surface area contributed by atoms with E-state index in [9.17, 15) is 0 Å². The van der Waals surface area contributed by atoms with Gasteiger partial charge < -0.3 is 20.7 Å². The number of anilines is 2. The Hall–Kier alpha value is -2.34. The smallest absolute Gasteiger partial charge is 0.248 e. The largest absolute Gasteiger partial charge is 0.437 e. The van der Waals surface area contributed by atoms with Gasteiger partial charge in [0.05, 0.1) is 0 Å². The van der Waals surface area contributed by atoms with E-state index in [0.29, 0.717) is 17.4 Å². The van der Waals surface area contributed by atoms with Crippen molar-refractivity contribution in [3.05, 3.63) is 35.7 Å². The molecule has 25 heavy (non-hydrogen) atoms. The molecule has 0 unspecified atom stereocenters. The fraction of sp³-hybridized carbons (Fsp3) is 0.474. The van der Waals surface area contributed by atoms with Gasteiger partial charge in [-0.25, -0.2) is 4.98 Å². The van der Waals surface area contributed by atoms with Crippen LogP contribution >= 0.6 is 0 Å². The van der Waals surface area contributed by atoms with E-state index in [0.717, 1.165) is 30.0 Å². The van der Waals surface area contributed by atoms with E-state index in [1.807, 2.05) is 26.0 Å². The number of hydrogen-bond donors (Lipinski definition) is 2. The molecule has 0 bridgehead atoms. The molecule has 3 rings (SSSR count). The summed E-state index contributed by atoms with van der Waals surface area (Å²) in [4.78, 5) is 10.9. The van der Waals surface area contributed by atoms with E-state index in [1.165, 1.54) is 38.7 Å². The predicted molar refractivity (Wildman–Crippen MR) is 101 cm³/mol. The highest BCUT2D eigenvalue weighted by Gasteiger charge is 2.12. The van der Waals surface area contributed by atoms with Crippen molar-refractivity contribution in [1.29, 1.82) is 0 Å². The number of nitrogens with zero attached hydrogens (tertiary/aromatic N) is 3. The maximum Gasteiger partial charge on any atom is 0.248 e. The number of aromatic nitrogens is 2. The van der Waals surface area contributed by atoms with Gasteiger partial charge in [0.2, 0.25) is 5.88 Å². The molecule has 0 atom stereocenters. The SMILES string of the molecule is Cc1cc(C)cc(Oc2ncnc(NCCN3CCCCC3)c2N)c1. The highest BCUT2D eigenvalue weighted by molar-refractivity contribution is 5.67. The fourth-order valence-electron chi connectivity index (χ4n) is 3.22. The molecule has 1 aromatic heterocycles. The van der Waals surface area contributed by atoms with Crippen LogP contribution in [-0.4, -0.2) is 41.0 Å². The van der Waals surface area contributed by atoms with Gasteiger partial charge in [0.15, 0.2) is 5.82 Å². The Balaban J connectivity index is 1.63. The molecule has 0 radical (unpaired) electrons. The van der Waals surface area contributed by atoms with Gasteiger partial charge in [-0.2, -0.15) is 4.98 Å². The number of aryl methyl sites for hydroxylation is 2. The zero-order valence-electron chi connectivity index (χ0n) is 15.1. The summed E-state index contributed by atoms with van der Waals surface area (Å²) in [5.74, 6) is 1.76. The monoisotopic (exact) mass is 341 g/mol. The van der Waals surface area contributed by atoms with E-state index < -0.39 is 0 Å². The highest BCUT2D eigenvalue weighted by Crippen LogP contribution is 2.30. The topological polar surface area (TPSA) is 76.3 Å². The lowest BCUT2D eigenvalue weighted by Gasteiger charge is -2.26. The second kappa shape index (κ2) is 8.16. The van der Waals surface area contributed by atoms with Gasteiger partial charge in [-0.1, -0.05) is 12.5 Å². The van der Waals surface area contributed by atoms with E-state index in [-0.39, 0.29) is 0 Å². The van der Waals surface area contributed by atoms with Crippen LogP contribution in [0.1, 0.15) is 30.4 Å². The van der Waals surface area contributed by atoms with Gasteiger partial charge in [0, 0.05) is 13.1 Å². The van der Waals surface area contributed by atoms with Crippen LogP contribution in [0.25, 0.3) is 0 Å². The predicted octanol–water partition coefficient (Wildman–Crippen LogP) is 3.37. The minimum atomic E-state index is 0.389. The molecular formula is C19H27N5O. The summed E-state index contributed by atoms with van der Waals surface area (Å²) in [7, 11) is 0. The van der Waals surface area contributed by atoms with Crippen molar-refractivity contribution in [3.63, 3.8) is 0 Å². The Morgan fingerprint density at radius 3 is 2.52 bits per heavy atom. The standard InChI is InChI=1S/C19H27N5O/c1-14-10-15(2)12-16(11-14)25-19-17(20)18(22-13-23-19)21-6-9-24-7-4-3-5-8-24/h10-13H,3-9,20H2,1-2H3,(H,21,22,23). The molecule has 0 amide bonds. The first-order chi connectivity index (χ1) is 12.1. The van der Waals surface area contributed by atoms with Gasteiger partial charge in [-0.3, -0.25) is 0 Å². The zero-order chi connectivity index (χ0) is 17.6. The molecule has 134 valence electrons. The van der Waals surface area contributed by atoms with Crippen molar-refractivity contribution < 1.29 is 4.74 Å². The molecule has 6 nitrogen and oxygen atoms in total. The van der Waals surface area contributed by atoms with Crippen LogP contribution in [-0.2, 0) is 0 Å². The number of likely N-dealkylation sites (tertiary alicyclic amines) is 1. The fourth-order valence-corrected chi connectivity index (χ4v) is 3.22. The minimum Gasteiger partial charge on any atom is -0.437 e. The Morgan fingerprint density at radius 2 is 1.80 bits per heavy atom. The van der Waals surface area contributed by atoms with Crippen molar-refractivity contribution in [2.75, 3.05) is 37.2 Å².